The van der Waals surface area contributed by atoms with E-state index in [1.54, 1.807) is 23.4 Å². The Kier molecular flexibility index (Phi) is 3.23. The molecule has 2 aromatic heterocycles. The van der Waals surface area contributed by atoms with Crippen molar-refractivity contribution in [3.63, 3.8) is 0 Å². The summed E-state index contributed by atoms with van der Waals surface area (Å²) in [5, 5.41) is 13.6. The third-order valence-electron chi connectivity index (χ3n) is 3.16. The Balaban J connectivity index is 1.49. The first-order chi connectivity index (χ1) is 9.33. The van der Waals surface area contributed by atoms with Gasteiger partial charge in [-0.05, 0) is 0 Å². The van der Waals surface area contributed by atoms with Crippen LogP contribution in [0.25, 0.3) is 0 Å². The van der Waals surface area contributed by atoms with Gasteiger partial charge in [-0.2, -0.15) is 0 Å². The number of aromatic nitrogens is 5. The third-order valence-corrected chi connectivity index (χ3v) is 3.16. The Labute approximate surface area is 109 Å². The smallest absolute Gasteiger partial charge is 0.237 e. The highest BCUT2D eigenvalue weighted by Gasteiger charge is 2.25. The monoisotopic (exact) mass is 261 g/mol. The van der Waals surface area contributed by atoms with Crippen LogP contribution in [0.3, 0.4) is 0 Å². The van der Waals surface area contributed by atoms with Gasteiger partial charge < -0.3 is 10.3 Å². The number of aromatic amines is 1. The van der Waals surface area contributed by atoms with E-state index in [0.29, 0.717) is 26.1 Å². The fraction of sp³-hybridized carbons (Fsp3) is 0.455. The maximum Gasteiger partial charge on any atom is 0.237 e. The van der Waals surface area contributed by atoms with Crippen molar-refractivity contribution in [2.75, 3.05) is 6.54 Å². The molecule has 0 bridgehead atoms. The second-order valence-corrected chi connectivity index (χ2v) is 4.42. The van der Waals surface area contributed by atoms with Gasteiger partial charge in [-0.3, -0.25) is 14.8 Å². The molecule has 8 nitrogen and oxygen atoms in total. The minimum Gasteiger partial charge on any atom is -0.353 e. The summed E-state index contributed by atoms with van der Waals surface area (Å²) < 4.78 is 1.68. The minimum atomic E-state index is -0.216. The van der Waals surface area contributed by atoms with E-state index in [-0.39, 0.29) is 11.9 Å². The molecule has 0 spiro atoms. The molecule has 1 aliphatic heterocycles. The van der Waals surface area contributed by atoms with Crippen LogP contribution in [0, 0.1) is 0 Å². The van der Waals surface area contributed by atoms with Crippen molar-refractivity contribution in [2.24, 2.45) is 0 Å². The van der Waals surface area contributed by atoms with Gasteiger partial charge in [-0.15, -0.1) is 5.10 Å². The van der Waals surface area contributed by atoms with Crippen molar-refractivity contribution in [1.29, 1.82) is 0 Å². The zero-order chi connectivity index (χ0) is 13.1. The van der Waals surface area contributed by atoms with Crippen LogP contribution in [-0.4, -0.2) is 43.5 Å². The van der Waals surface area contributed by atoms with Crippen molar-refractivity contribution >= 4 is 5.91 Å². The van der Waals surface area contributed by atoms with E-state index in [1.165, 1.54) is 0 Å². The number of nitrogens with one attached hydrogen (secondary N) is 3. The van der Waals surface area contributed by atoms with Crippen LogP contribution in [0.5, 0.6) is 0 Å². The van der Waals surface area contributed by atoms with E-state index >= 15 is 0 Å². The lowest BCUT2D eigenvalue weighted by atomic mass is 10.0. The number of carbonyl (C=O) groups is 1. The van der Waals surface area contributed by atoms with Crippen molar-refractivity contribution < 1.29 is 4.79 Å². The third kappa shape index (κ3) is 2.63. The maximum atomic E-state index is 12.0. The minimum absolute atomic E-state index is 0.00577. The first-order valence-electron chi connectivity index (χ1n) is 6.19. The van der Waals surface area contributed by atoms with Crippen LogP contribution in [0.1, 0.15) is 11.4 Å². The zero-order valence-electron chi connectivity index (χ0n) is 10.3. The van der Waals surface area contributed by atoms with Crippen LogP contribution >= 0.6 is 0 Å². The molecule has 0 saturated heterocycles. The number of H-pyrrole nitrogens is 1. The summed E-state index contributed by atoms with van der Waals surface area (Å²) in [6, 6.07) is -0.216. The molecular formula is C11H15N7O. The summed E-state index contributed by atoms with van der Waals surface area (Å²) in [5.41, 5.74) is 2.03. The molecule has 3 rings (SSSR count). The Bertz CT molecular complexity index is 547. The average Bonchev–Trinajstić information content (AvgIpc) is 3.08. The zero-order valence-corrected chi connectivity index (χ0v) is 10.3. The second-order valence-electron chi connectivity index (χ2n) is 4.42. The molecular weight excluding hydrogens is 246 g/mol. The molecule has 0 aromatic carbocycles. The summed E-state index contributed by atoms with van der Waals surface area (Å²) in [5.74, 6) is -0.00577. The average molecular weight is 261 g/mol. The lowest BCUT2D eigenvalue weighted by molar-refractivity contribution is -0.123. The molecule has 1 aliphatic rings. The molecule has 2 aromatic rings. The van der Waals surface area contributed by atoms with Crippen LogP contribution in [0.2, 0.25) is 0 Å². The number of hydrogen-bond donors (Lipinski definition) is 3. The van der Waals surface area contributed by atoms with E-state index in [2.05, 4.69) is 30.9 Å². The molecule has 0 radical (unpaired) electrons. The quantitative estimate of drug-likeness (QED) is 0.644. The van der Waals surface area contributed by atoms with Gasteiger partial charge in [-0.1, -0.05) is 5.21 Å². The predicted octanol–water partition coefficient (Wildman–Crippen LogP) is -1.17. The van der Waals surface area contributed by atoms with Gasteiger partial charge in [0.15, 0.2) is 0 Å². The first kappa shape index (κ1) is 11.8. The van der Waals surface area contributed by atoms with Gasteiger partial charge in [0, 0.05) is 25.7 Å². The lowest BCUT2D eigenvalue weighted by Crippen LogP contribution is -2.48. The summed E-state index contributed by atoms with van der Waals surface area (Å²) in [6.45, 7) is 1.80. The lowest BCUT2D eigenvalue weighted by Gasteiger charge is -2.22. The van der Waals surface area contributed by atoms with Gasteiger partial charge in [0.05, 0.1) is 36.5 Å². The van der Waals surface area contributed by atoms with E-state index in [4.69, 9.17) is 0 Å². The Morgan fingerprint density at radius 2 is 2.53 bits per heavy atom. The van der Waals surface area contributed by atoms with Gasteiger partial charge in [0.1, 0.15) is 0 Å². The standard InChI is InChI=1S/C11H15N7O/c19-11(12-1-3-18-4-2-16-17-18)9-5-8-10(6-13-9)15-7-14-8/h2,4,7,9,13H,1,3,5-6H2,(H,12,19)(H,14,15). The molecule has 0 saturated carbocycles. The molecule has 0 fully saturated rings. The molecule has 1 atom stereocenters. The summed E-state index contributed by atoms with van der Waals surface area (Å²) in [4.78, 5) is 19.3. The number of hydrogen-bond acceptors (Lipinski definition) is 5. The summed E-state index contributed by atoms with van der Waals surface area (Å²) in [7, 11) is 0. The van der Waals surface area contributed by atoms with Crippen molar-refractivity contribution in [3.05, 3.63) is 30.1 Å². The Morgan fingerprint density at radius 3 is 3.37 bits per heavy atom. The highest BCUT2D eigenvalue weighted by molar-refractivity contribution is 5.82. The number of amides is 1. The highest BCUT2D eigenvalue weighted by atomic mass is 16.2. The Hall–Kier alpha value is -2.22. The molecule has 100 valence electrons. The summed E-state index contributed by atoms with van der Waals surface area (Å²) >= 11 is 0. The fourth-order valence-electron chi connectivity index (χ4n) is 2.12. The molecule has 1 amide bonds. The molecule has 1 unspecified atom stereocenters. The Morgan fingerprint density at radius 1 is 1.58 bits per heavy atom. The molecule has 8 heteroatoms. The number of imidazole rings is 1. The molecule has 0 aliphatic carbocycles. The van der Waals surface area contributed by atoms with Crippen LogP contribution in [0.15, 0.2) is 18.7 Å². The second kappa shape index (κ2) is 5.19. The largest absolute Gasteiger partial charge is 0.353 e. The van der Waals surface area contributed by atoms with Gasteiger partial charge in [-0.25, -0.2) is 4.98 Å². The van der Waals surface area contributed by atoms with E-state index in [9.17, 15) is 4.79 Å². The fourth-order valence-corrected chi connectivity index (χ4v) is 2.12. The highest BCUT2D eigenvalue weighted by Crippen LogP contribution is 2.11. The number of carbonyl (C=O) groups excluding carboxylic acids is 1. The van der Waals surface area contributed by atoms with E-state index in [0.717, 1.165) is 11.4 Å². The van der Waals surface area contributed by atoms with E-state index < -0.39 is 0 Å². The molecule has 3 N–H and O–H groups in total. The van der Waals surface area contributed by atoms with Crippen molar-refractivity contribution in [1.82, 2.24) is 35.6 Å². The van der Waals surface area contributed by atoms with Crippen LogP contribution in [0.4, 0.5) is 0 Å². The van der Waals surface area contributed by atoms with Crippen molar-refractivity contribution in [3.8, 4) is 0 Å². The molecule has 19 heavy (non-hydrogen) atoms. The topological polar surface area (TPSA) is 101 Å². The summed E-state index contributed by atoms with van der Waals surface area (Å²) in [6.07, 6.45) is 5.66. The molecule has 3 heterocycles. The van der Waals surface area contributed by atoms with Crippen LogP contribution < -0.4 is 10.6 Å². The van der Waals surface area contributed by atoms with Gasteiger partial charge >= 0.3 is 0 Å². The normalized spacial score (nSPS) is 18.0. The first-order valence-corrected chi connectivity index (χ1v) is 6.19. The predicted molar refractivity (Wildman–Crippen MR) is 66.0 cm³/mol. The number of nitrogens with zero attached hydrogens (tertiary/aromatic N) is 4. The number of rotatable bonds is 4. The number of fused-ring (bicyclic) bond motifs is 1. The van der Waals surface area contributed by atoms with Crippen LogP contribution in [-0.2, 0) is 24.3 Å². The van der Waals surface area contributed by atoms with Crippen molar-refractivity contribution in [2.45, 2.75) is 25.6 Å². The van der Waals surface area contributed by atoms with Gasteiger partial charge in [0.25, 0.3) is 0 Å². The van der Waals surface area contributed by atoms with E-state index in [1.807, 2.05) is 0 Å². The van der Waals surface area contributed by atoms with Gasteiger partial charge in [0.2, 0.25) is 5.91 Å². The SMILES string of the molecule is O=C(NCCn1ccnn1)C1Cc2nc[nH]c2CN1. The maximum absolute atomic E-state index is 12.0.